The molecule has 7 nitrogen and oxygen atoms in total. The van der Waals surface area contributed by atoms with E-state index in [0.29, 0.717) is 28.9 Å². The number of carbonyl (C=O) groups is 1. The number of hydrogen-bond donors (Lipinski definition) is 2. The summed E-state index contributed by atoms with van der Waals surface area (Å²) in [5.74, 6) is -0.196. The summed E-state index contributed by atoms with van der Waals surface area (Å²) in [6, 6.07) is 1.82. The maximum Gasteiger partial charge on any atom is 0.274 e. The molecule has 2 aromatic heterocycles. The minimum Gasteiger partial charge on any atom is -0.378 e. The van der Waals surface area contributed by atoms with Gasteiger partial charge < -0.3 is 10.1 Å². The Balaban J connectivity index is 1.62. The number of rotatable bonds is 4. The highest BCUT2D eigenvalue weighted by atomic mass is 16.5. The van der Waals surface area contributed by atoms with Crippen LogP contribution in [0.5, 0.6) is 0 Å². The zero-order valence-corrected chi connectivity index (χ0v) is 14.9. The highest BCUT2D eigenvalue weighted by Gasteiger charge is 2.59. The van der Waals surface area contributed by atoms with E-state index in [1.165, 1.54) is 6.42 Å². The third-order valence-corrected chi connectivity index (χ3v) is 5.93. The Bertz CT molecular complexity index is 894. The van der Waals surface area contributed by atoms with Crippen molar-refractivity contribution in [1.82, 2.24) is 20.1 Å². The van der Waals surface area contributed by atoms with Gasteiger partial charge in [-0.2, -0.15) is 0 Å². The van der Waals surface area contributed by atoms with Crippen molar-refractivity contribution in [3.8, 4) is 0 Å². The summed E-state index contributed by atoms with van der Waals surface area (Å²) < 4.78 is 7.40. The maximum atomic E-state index is 12.9. The van der Waals surface area contributed by atoms with Crippen LogP contribution >= 0.6 is 0 Å². The molecule has 2 aliphatic carbocycles. The summed E-state index contributed by atoms with van der Waals surface area (Å²) in [6.07, 6.45) is 4.47. The Labute approximate surface area is 145 Å². The van der Waals surface area contributed by atoms with Crippen molar-refractivity contribution in [3.63, 3.8) is 0 Å². The van der Waals surface area contributed by atoms with Crippen LogP contribution in [0.1, 0.15) is 48.7 Å². The first-order valence-corrected chi connectivity index (χ1v) is 8.95. The van der Waals surface area contributed by atoms with Gasteiger partial charge in [0.05, 0.1) is 17.1 Å². The number of H-pyrrole nitrogens is 1. The highest BCUT2D eigenvalue weighted by molar-refractivity contribution is 6.05. The molecule has 1 spiro atoms. The van der Waals surface area contributed by atoms with E-state index in [4.69, 9.17) is 4.74 Å². The standard InChI is InChI=1S/C18H24N4O3/c1-4-25-13-9-12(18(13)6-5-7-18)20-16(23)11-8-10(2)19-15-14(11)17(24)21-22(15)3/h8,12-13H,4-7,9H2,1-3H3,(H,20,23)(H,21,24)/t12-,13-/m0/s1. The lowest BCUT2D eigenvalue weighted by Crippen LogP contribution is -2.67. The Morgan fingerprint density at radius 3 is 2.92 bits per heavy atom. The van der Waals surface area contributed by atoms with Crippen molar-refractivity contribution < 1.29 is 9.53 Å². The van der Waals surface area contributed by atoms with Crippen LogP contribution in [0.2, 0.25) is 0 Å². The van der Waals surface area contributed by atoms with E-state index in [0.717, 1.165) is 19.3 Å². The second-order valence-corrected chi connectivity index (χ2v) is 7.30. The van der Waals surface area contributed by atoms with Crippen LogP contribution < -0.4 is 10.9 Å². The molecule has 2 aromatic rings. The van der Waals surface area contributed by atoms with Crippen LogP contribution in [-0.2, 0) is 11.8 Å². The van der Waals surface area contributed by atoms with Crippen molar-refractivity contribution in [1.29, 1.82) is 0 Å². The van der Waals surface area contributed by atoms with Gasteiger partial charge in [0.1, 0.15) is 0 Å². The predicted octanol–water partition coefficient (Wildman–Crippen LogP) is 1.65. The number of aromatic nitrogens is 3. The molecule has 0 saturated heterocycles. The molecule has 1 amide bonds. The topological polar surface area (TPSA) is 89.0 Å². The number of aromatic amines is 1. The van der Waals surface area contributed by atoms with Gasteiger partial charge >= 0.3 is 0 Å². The monoisotopic (exact) mass is 344 g/mol. The largest absolute Gasteiger partial charge is 0.378 e. The van der Waals surface area contributed by atoms with Crippen LogP contribution in [0.3, 0.4) is 0 Å². The van der Waals surface area contributed by atoms with Gasteiger partial charge in [-0.05, 0) is 39.2 Å². The SMILES string of the molecule is CCO[C@H]1C[C@H](NC(=O)c2cc(C)nc3c2c(=O)[nH]n3C)C12CCC2. The Kier molecular flexibility index (Phi) is 3.72. The number of nitrogens with zero attached hydrogens (tertiary/aromatic N) is 2. The molecule has 2 atom stereocenters. The van der Waals surface area contributed by atoms with Crippen LogP contribution in [0.4, 0.5) is 0 Å². The lowest BCUT2D eigenvalue weighted by molar-refractivity contribution is -0.169. The average molecular weight is 344 g/mol. The molecule has 134 valence electrons. The molecule has 2 N–H and O–H groups in total. The molecule has 0 bridgehead atoms. The lowest BCUT2D eigenvalue weighted by atomic mass is 9.51. The third kappa shape index (κ3) is 2.33. The summed E-state index contributed by atoms with van der Waals surface area (Å²) >= 11 is 0. The molecular weight excluding hydrogens is 320 g/mol. The van der Waals surface area contributed by atoms with Gasteiger partial charge in [0, 0.05) is 30.8 Å². The molecule has 4 rings (SSSR count). The van der Waals surface area contributed by atoms with Crippen molar-refractivity contribution in [2.45, 2.75) is 51.7 Å². The molecule has 2 fully saturated rings. The van der Waals surface area contributed by atoms with E-state index in [1.54, 1.807) is 17.8 Å². The van der Waals surface area contributed by atoms with Gasteiger partial charge in [-0.3, -0.25) is 19.4 Å². The first kappa shape index (κ1) is 16.3. The minimum atomic E-state index is -0.283. The summed E-state index contributed by atoms with van der Waals surface area (Å²) in [6.45, 7) is 4.54. The minimum absolute atomic E-state index is 0.0932. The Hall–Kier alpha value is -2.15. The zero-order valence-electron chi connectivity index (χ0n) is 14.9. The normalized spacial score (nSPS) is 24.1. The summed E-state index contributed by atoms with van der Waals surface area (Å²) in [5.41, 5.74) is 1.43. The summed E-state index contributed by atoms with van der Waals surface area (Å²) in [5, 5.41) is 6.20. The number of pyridine rings is 1. The van der Waals surface area contributed by atoms with Crippen LogP contribution in [0, 0.1) is 12.3 Å². The molecule has 25 heavy (non-hydrogen) atoms. The number of fused-ring (bicyclic) bond motifs is 1. The van der Waals surface area contributed by atoms with Gasteiger partial charge in [-0.15, -0.1) is 0 Å². The number of aryl methyl sites for hydroxylation is 2. The van der Waals surface area contributed by atoms with Crippen LogP contribution in [-0.4, -0.2) is 39.4 Å². The van der Waals surface area contributed by atoms with E-state index >= 15 is 0 Å². The fourth-order valence-electron chi connectivity index (χ4n) is 4.44. The predicted molar refractivity (Wildman–Crippen MR) is 93.6 cm³/mol. The fraction of sp³-hybridized carbons (Fsp3) is 0.611. The second-order valence-electron chi connectivity index (χ2n) is 7.30. The van der Waals surface area contributed by atoms with E-state index in [-0.39, 0.29) is 29.0 Å². The van der Waals surface area contributed by atoms with Crippen LogP contribution in [0.15, 0.2) is 10.9 Å². The first-order chi connectivity index (χ1) is 12.0. The number of amides is 1. The molecule has 0 unspecified atom stereocenters. The van der Waals surface area contributed by atoms with Crippen molar-refractivity contribution in [2.24, 2.45) is 12.5 Å². The first-order valence-electron chi connectivity index (χ1n) is 8.95. The number of nitrogens with one attached hydrogen (secondary N) is 2. The van der Waals surface area contributed by atoms with E-state index in [9.17, 15) is 9.59 Å². The van der Waals surface area contributed by atoms with Crippen LogP contribution in [0.25, 0.3) is 11.0 Å². The molecule has 0 aliphatic heterocycles. The quantitative estimate of drug-likeness (QED) is 0.882. The van der Waals surface area contributed by atoms with Crippen molar-refractivity contribution in [3.05, 3.63) is 27.7 Å². The van der Waals surface area contributed by atoms with E-state index in [2.05, 4.69) is 15.4 Å². The highest BCUT2D eigenvalue weighted by Crippen LogP contribution is 2.57. The molecule has 2 heterocycles. The van der Waals surface area contributed by atoms with Gasteiger partial charge in [-0.25, -0.2) is 4.98 Å². The smallest absolute Gasteiger partial charge is 0.274 e. The van der Waals surface area contributed by atoms with Gasteiger partial charge in [0.25, 0.3) is 11.5 Å². The van der Waals surface area contributed by atoms with Gasteiger partial charge in [0.15, 0.2) is 5.65 Å². The lowest BCUT2D eigenvalue weighted by Gasteiger charge is -2.61. The average Bonchev–Trinajstić information content (AvgIpc) is 2.78. The molecule has 0 aromatic carbocycles. The Morgan fingerprint density at radius 2 is 2.28 bits per heavy atom. The van der Waals surface area contributed by atoms with E-state index in [1.807, 2.05) is 13.8 Å². The van der Waals surface area contributed by atoms with Gasteiger partial charge in [-0.1, -0.05) is 6.42 Å². The third-order valence-electron chi connectivity index (χ3n) is 5.93. The molecule has 2 aliphatic rings. The maximum absolute atomic E-state index is 12.9. The molecule has 0 radical (unpaired) electrons. The summed E-state index contributed by atoms with van der Waals surface area (Å²) in [7, 11) is 1.72. The second kappa shape index (κ2) is 5.69. The van der Waals surface area contributed by atoms with Crippen molar-refractivity contribution >= 4 is 16.9 Å². The van der Waals surface area contributed by atoms with Crippen molar-refractivity contribution in [2.75, 3.05) is 6.61 Å². The zero-order chi connectivity index (χ0) is 17.8. The molecular formula is C18H24N4O3. The molecule has 2 saturated carbocycles. The fourth-order valence-corrected chi connectivity index (χ4v) is 4.44. The Morgan fingerprint density at radius 1 is 1.52 bits per heavy atom. The number of hydrogen-bond acceptors (Lipinski definition) is 4. The number of ether oxygens (including phenoxy) is 1. The summed E-state index contributed by atoms with van der Waals surface area (Å²) in [4.78, 5) is 29.5. The van der Waals surface area contributed by atoms with E-state index < -0.39 is 0 Å². The van der Waals surface area contributed by atoms with Gasteiger partial charge in [0.2, 0.25) is 0 Å². The molecule has 7 heteroatoms. The number of carbonyl (C=O) groups excluding carboxylic acids is 1.